The van der Waals surface area contributed by atoms with Gasteiger partial charge >= 0.3 is 0 Å². The molecule has 4 rings (SSSR count). The highest BCUT2D eigenvalue weighted by Crippen LogP contribution is 2.37. The maximum Gasteiger partial charge on any atom is 0.262 e. The van der Waals surface area contributed by atoms with Crippen LogP contribution in [0.5, 0.6) is 5.75 Å². The Morgan fingerprint density at radius 1 is 0.769 bits per heavy atom. The number of aliphatic imine (C=N–C) groups is 2. The van der Waals surface area contributed by atoms with Crippen LogP contribution < -0.4 is 0 Å². The van der Waals surface area contributed by atoms with Crippen molar-refractivity contribution >= 4 is 11.5 Å². The maximum absolute atomic E-state index is 10.2. The molecule has 0 fully saturated rings. The van der Waals surface area contributed by atoms with E-state index in [9.17, 15) is 10.4 Å². The van der Waals surface area contributed by atoms with E-state index in [1.54, 1.807) is 24.3 Å². The van der Waals surface area contributed by atoms with Crippen molar-refractivity contribution in [3.63, 3.8) is 0 Å². The average molecular weight is 344 g/mol. The SMILES string of the molecule is OOC1(c2ccccc2)N=C(c2ccccc2O)N=C1c1ccccc1. The summed E-state index contributed by atoms with van der Waals surface area (Å²) >= 11 is 0. The lowest BCUT2D eigenvalue weighted by Gasteiger charge is -2.24. The molecule has 0 aromatic heterocycles. The number of aromatic hydroxyl groups is 1. The summed E-state index contributed by atoms with van der Waals surface area (Å²) in [5.41, 5.74) is 0.816. The molecule has 1 aliphatic heterocycles. The molecule has 0 saturated heterocycles. The summed E-state index contributed by atoms with van der Waals surface area (Å²) in [6.07, 6.45) is 0. The molecule has 26 heavy (non-hydrogen) atoms. The van der Waals surface area contributed by atoms with E-state index < -0.39 is 5.72 Å². The largest absolute Gasteiger partial charge is 0.507 e. The highest BCUT2D eigenvalue weighted by molar-refractivity contribution is 6.20. The first kappa shape index (κ1) is 16.2. The van der Waals surface area contributed by atoms with Gasteiger partial charge in [0.25, 0.3) is 5.72 Å². The van der Waals surface area contributed by atoms with E-state index in [4.69, 9.17) is 4.89 Å². The van der Waals surface area contributed by atoms with Crippen molar-refractivity contribution in [1.82, 2.24) is 0 Å². The zero-order chi connectivity index (χ0) is 18.0. The van der Waals surface area contributed by atoms with Crippen LogP contribution in [0.1, 0.15) is 16.7 Å². The minimum absolute atomic E-state index is 0.0595. The van der Waals surface area contributed by atoms with Gasteiger partial charge in [0.15, 0.2) is 5.84 Å². The summed E-state index contributed by atoms with van der Waals surface area (Å²) in [7, 11) is 0. The molecule has 0 bridgehead atoms. The summed E-state index contributed by atoms with van der Waals surface area (Å²) in [4.78, 5) is 14.1. The van der Waals surface area contributed by atoms with Gasteiger partial charge < -0.3 is 5.11 Å². The molecule has 128 valence electrons. The number of phenolic OH excluding ortho intramolecular Hbond substituents is 1. The van der Waals surface area contributed by atoms with Gasteiger partial charge in [-0.1, -0.05) is 72.8 Å². The molecule has 0 saturated carbocycles. The molecular formula is C21H16N2O3. The van der Waals surface area contributed by atoms with E-state index in [0.29, 0.717) is 22.7 Å². The van der Waals surface area contributed by atoms with Crippen molar-refractivity contribution in [1.29, 1.82) is 0 Å². The van der Waals surface area contributed by atoms with Crippen molar-refractivity contribution in [2.24, 2.45) is 9.98 Å². The van der Waals surface area contributed by atoms with Gasteiger partial charge in [0.2, 0.25) is 0 Å². The number of nitrogens with zero attached hydrogens (tertiary/aromatic N) is 2. The van der Waals surface area contributed by atoms with Crippen molar-refractivity contribution in [2.75, 3.05) is 0 Å². The maximum atomic E-state index is 10.2. The van der Waals surface area contributed by atoms with Gasteiger partial charge in [0, 0.05) is 11.1 Å². The first-order valence-electron chi connectivity index (χ1n) is 8.15. The second-order valence-electron chi connectivity index (χ2n) is 5.88. The summed E-state index contributed by atoms with van der Waals surface area (Å²) in [5.74, 6) is 0.351. The third-order valence-electron chi connectivity index (χ3n) is 4.29. The number of para-hydroxylation sites is 1. The molecule has 1 atom stereocenters. The molecule has 0 radical (unpaired) electrons. The third-order valence-corrected chi connectivity index (χ3v) is 4.29. The van der Waals surface area contributed by atoms with Crippen LogP contribution in [-0.4, -0.2) is 21.9 Å². The van der Waals surface area contributed by atoms with Gasteiger partial charge in [-0.05, 0) is 12.1 Å². The summed E-state index contributed by atoms with van der Waals surface area (Å²) in [6, 6.07) is 25.4. The summed E-state index contributed by atoms with van der Waals surface area (Å²) in [6.45, 7) is 0. The minimum Gasteiger partial charge on any atom is -0.507 e. The molecule has 5 nitrogen and oxygen atoms in total. The normalized spacial score (nSPS) is 19.1. The van der Waals surface area contributed by atoms with Crippen LogP contribution in [-0.2, 0) is 10.6 Å². The van der Waals surface area contributed by atoms with Crippen LogP contribution in [0, 0.1) is 0 Å². The van der Waals surface area contributed by atoms with Gasteiger partial charge in [-0.2, -0.15) is 4.89 Å². The second kappa shape index (κ2) is 6.55. The monoisotopic (exact) mass is 344 g/mol. The molecule has 2 N–H and O–H groups in total. The van der Waals surface area contributed by atoms with E-state index in [2.05, 4.69) is 9.98 Å². The van der Waals surface area contributed by atoms with Crippen LogP contribution in [0.2, 0.25) is 0 Å². The predicted molar refractivity (Wildman–Crippen MR) is 99.5 cm³/mol. The third kappa shape index (κ3) is 2.60. The van der Waals surface area contributed by atoms with Crippen LogP contribution in [0.4, 0.5) is 0 Å². The standard InChI is InChI=1S/C21H16N2O3/c24-18-14-8-7-13-17(18)20-22-19(15-9-3-1-4-10-15)21(23-20,26-25)16-11-5-2-6-12-16/h1-14,24-25H. The minimum atomic E-state index is -1.50. The van der Waals surface area contributed by atoms with Crippen molar-refractivity contribution < 1.29 is 15.3 Å². The van der Waals surface area contributed by atoms with Crippen molar-refractivity contribution in [3.05, 3.63) is 102 Å². The Balaban J connectivity index is 1.95. The smallest absolute Gasteiger partial charge is 0.262 e. The van der Waals surface area contributed by atoms with Gasteiger partial charge in [-0.3, -0.25) is 0 Å². The lowest BCUT2D eigenvalue weighted by Crippen LogP contribution is -2.34. The fourth-order valence-electron chi connectivity index (χ4n) is 3.03. The number of amidine groups is 1. The van der Waals surface area contributed by atoms with Crippen LogP contribution in [0.25, 0.3) is 0 Å². The molecule has 0 amide bonds. The van der Waals surface area contributed by atoms with Gasteiger partial charge in [-0.15, -0.1) is 0 Å². The molecule has 5 heteroatoms. The molecule has 0 aliphatic carbocycles. The fraction of sp³-hybridized carbons (Fsp3) is 0.0476. The average Bonchev–Trinajstić information content (AvgIpc) is 3.10. The van der Waals surface area contributed by atoms with Crippen LogP contribution in [0.15, 0.2) is 94.9 Å². The number of hydrogen-bond donors (Lipinski definition) is 2. The Hall–Kier alpha value is -3.28. The Labute approximate surface area is 150 Å². The molecule has 3 aromatic rings. The number of hydrogen-bond acceptors (Lipinski definition) is 5. The predicted octanol–water partition coefficient (Wildman–Crippen LogP) is 3.98. The Morgan fingerprint density at radius 3 is 2.04 bits per heavy atom. The lowest BCUT2D eigenvalue weighted by atomic mass is 9.93. The second-order valence-corrected chi connectivity index (χ2v) is 5.88. The van der Waals surface area contributed by atoms with E-state index in [1.165, 1.54) is 0 Å². The molecular weight excluding hydrogens is 328 g/mol. The van der Waals surface area contributed by atoms with Crippen molar-refractivity contribution in [3.8, 4) is 5.75 Å². The number of rotatable bonds is 4. The number of phenols is 1. The topological polar surface area (TPSA) is 74.4 Å². The van der Waals surface area contributed by atoms with Gasteiger partial charge in [-0.25, -0.2) is 15.2 Å². The van der Waals surface area contributed by atoms with Crippen LogP contribution in [0.3, 0.4) is 0 Å². The molecule has 1 aliphatic rings. The van der Waals surface area contributed by atoms with Gasteiger partial charge in [0.1, 0.15) is 11.5 Å². The highest BCUT2D eigenvalue weighted by Gasteiger charge is 2.45. The fourth-order valence-corrected chi connectivity index (χ4v) is 3.03. The van der Waals surface area contributed by atoms with E-state index in [-0.39, 0.29) is 5.75 Å². The Morgan fingerprint density at radius 2 is 1.38 bits per heavy atom. The Kier molecular flexibility index (Phi) is 4.08. The van der Waals surface area contributed by atoms with E-state index in [0.717, 1.165) is 5.56 Å². The molecule has 0 spiro atoms. The first-order valence-corrected chi connectivity index (χ1v) is 8.15. The molecule has 1 heterocycles. The zero-order valence-corrected chi connectivity index (χ0v) is 13.8. The number of benzene rings is 3. The van der Waals surface area contributed by atoms with Crippen molar-refractivity contribution in [2.45, 2.75) is 5.72 Å². The van der Waals surface area contributed by atoms with E-state index in [1.807, 2.05) is 60.7 Å². The molecule has 1 unspecified atom stereocenters. The zero-order valence-electron chi connectivity index (χ0n) is 13.8. The quantitative estimate of drug-likeness (QED) is 0.555. The summed E-state index contributed by atoms with van der Waals surface area (Å²) < 4.78 is 0. The molecule has 3 aromatic carbocycles. The van der Waals surface area contributed by atoms with E-state index >= 15 is 0 Å². The van der Waals surface area contributed by atoms with Crippen LogP contribution >= 0.6 is 0 Å². The summed E-state index contributed by atoms with van der Waals surface area (Å²) in [5, 5.41) is 20.1. The lowest BCUT2D eigenvalue weighted by molar-refractivity contribution is -0.302. The van der Waals surface area contributed by atoms with Gasteiger partial charge in [0.05, 0.1) is 5.56 Å². The first-order chi connectivity index (χ1) is 12.7. The highest BCUT2D eigenvalue weighted by atomic mass is 17.1. The Bertz CT molecular complexity index is 984.